The number of thiazole rings is 1. The summed E-state index contributed by atoms with van der Waals surface area (Å²) < 4.78 is 9.08. The minimum Gasteiger partial charge on any atom is -0.494 e. The van der Waals surface area contributed by atoms with E-state index < -0.39 is 0 Å². The van der Waals surface area contributed by atoms with Crippen molar-refractivity contribution in [1.82, 2.24) is 14.5 Å². The molecule has 29 heavy (non-hydrogen) atoms. The summed E-state index contributed by atoms with van der Waals surface area (Å²) in [4.78, 5) is 24.4. The molecule has 0 radical (unpaired) electrons. The van der Waals surface area contributed by atoms with Crippen LogP contribution in [0.5, 0.6) is 5.75 Å². The lowest BCUT2D eigenvalue weighted by Gasteiger charge is -2.19. The van der Waals surface area contributed by atoms with Gasteiger partial charge in [-0.1, -0.05) is 29.0 Å². The van der Waals surface area contributed by atoms with Crippen molar-refractivity contribution < 1.29 is 9.53 Å². The molecule has 0 N–H and O–H groups in total. The first kappa shape index (κ1) is 19.9. The molecule has 150 valence electrons. The largest absolute Gasteiger partial charge is 0.494 e. The Morgan fingerprint density at radius 3 is 2.83 bits per heavy atom. The summed E-state index contributed by atoms with van der Waals surface area (Å²) in [5.74, 6) is 0.612. The number of fused-ring (bicyclic) bond motifs is 1. The molecular weight excluding hydrogens is 428 g/mol. The van der Waals surface area contributed by atoms with Crippen LogP contribution in [-0.4, -0.2) is 34.1 Å². The van der Waals surface area contributed by atoms with Gasteiger partial charge in [-0.2, -0.15) is 0 Å². The monoisotopic (exact) mass is 446 g/mol. The number of nitrogens with zero attached hydrogens (tertiary/aromatic N) is 4. The Kier molecular flexibility index (Phi) is 5.84. The van der Waals surface area contributed by atoms with Gasteiger partial charge in [0.2, 0.25) is 0 Å². The summed E-state index contributed by atoms with van der Waals surface area (Å²) in [7, 11) is 1.63. The van der Waals surface area contributed by atoms with Crippen LogP contribution in [0.25, 0.3) is 10.2 Å². The minimum absolute atomic E-state index is 0.0943. The van der Waals surface area contributed by atoms with Crippen molar-refractivity contribution in [3.05, 3.63) is 57.8 Å². The van der Waals surface area contributed by atoms with Crippen LogP contribution in [0.4, 0.5) is 5.13 Å². The van der Waals surface area contributed by atoms with E-state index >= 15 is 0 Å². The van der Waals surface area contributed by atoms with Gasteiger partial charge in [-0.25, -0.2) is 9.97 Å². The number of hydrogen-bond acceptors (Lipinski definition) is 6. The highest BCUT2D eigenvalue weighted by Crippen LogP contribution is 2.37. The highest BCUT2D eigenvalue weighted by Gasteiger charge is 2.23. The maximum atomic E-state index is 13.3. The number of aromatic nitrogens is 3. The summed E-state index contributed by atoms with van der Waals surface area (Å²) in [5, 5.41) is 0.660. The maximum absolute atomic E-state index is 13.3. The number of anilines is 1. The third-order valence-corrected chi connectivity index (χ3v) is 6.96. The molecule has 0 unspecified atom stereocenters. The van der Waals surface area contributed by atoms with E-state index in [-0.39, 0.29) is 5.91 Å². The molecule has 0 aliphatic rings. The van der Waals surface area contributed by atoms with Crippen molar-refractivity contribution >= 4 is 55.5 Å². The zero-order valence-electron chi connectivity index (χ0n) is 16.0. The first-order chi connectivity index (χ1) is 14.1. The summed E-state index contributed by atoms with van der Waals surface area (Å²) in [5.41, 5.74) is 1.89. The Balaban J connectivity index is 1.68. The molecular formula is C20H19ClN4O2S2. The molecule has 4 aromatic rings. The highest BCUT2D eigenvalue weighted by molar-refractivity contribution is 7.22. The molecule has 6 nitrogen and oxygen atoms in total. The van der Waals surface area contributed by atoms with Crippen LogP contribution in [0, 0.1) is 6.92 Å². The number of ether oxygens (including phenoxy) is 1. The lowest BCUT2D eigenvalue weighted by atomic mass is 10.2. The number of methoxy groups -OCH3 is 1. The van der Waals surface area contributed by atoms with Crippen molar-refractivity contribution in [2.45, 2.75) is 19.9 Å². The van der Waals surface area contributed by atoms with E-state index in [0.29, 0.717) is 26.6 Å². The lowest BCUT2D eigenvalue weighted by Crippen LogP contribution is -2.31. The summed E-state index contributed by atoms with van der Waals surface area (Å²) in [6.45, 7) is 3.34. The number of benzene rings is 1. The second kappa shape index (κ2) is 8.52. The molecule has 0 aliphatic heterocycles. The molecule has 0 saturated carbocycles. The Hall–Kier alpha value is -2.42. The number of thiophene rings is 1. The molecule has 9 heteroatoms. The van der Waals surface area contributed by atoms with E-state index in [1.54, 1.807) is 36.7 Å². The quantitative estimate of drug-likeness (QED) is 0.388. The number of aryl methyl sites for hydroxylation is 2. The van der Waals surface area contributed by atoms with Crippen LogP contribution in [-0.2, 0) is 6.54 Å². The minimum atomic E-state index is -0.0943. The van der Waals surface area contributed by atoms with Gasteiger partial charge in [0.05, 0.1) is 27.4 Å². The van der Waals surface area contributed by atoms with E-state index in [1.807, 2.05) is 29.8 Å². The first-order valence-electron chi connectivity index (χ1n) is 9.04. The van der Waals surface area contributed by atoms with Crippen LogP contribution in [0.1, 0.15) is 21.7 Å². The number of carbonyl (C=O) groups excluding carboxylic acids is 1. The molecule has 3 heterocycles. The maximum Gasteiger partial charge on any atom is 0.270 e. The number of halogens is 1. The van der Waals surface area contributed by atoms with E-state index in [4.69, 9.17) is 21.3 Å². The fraction of sp³-hybridized carbons (Fsp3) is 0.250. The number of amides is 1. The second-order valence-electron chi connectivity index (χ2n) is 6.47. The Bertz CT molecular complexity index is 1140. The fourth-order valence-corrected chi connectivity index (χ4v) is 5.12. The van der Waals surface area contributed by atoms with Gasteiger partial charge in [0.15, 0.2) is 5.13 Å². The van der Waals surface area contributed by atoms with E-state index in [2.05, 4.69) is 4.98 Å². The lowest BCUT2D eigenvalue weighted by molar-refractivity contribution is 0.0990. The molecule has 0 spiro atoms. The molecule has 1 amide bonds. The van der Waals surface area contributed by atoms with Gasteiger partial charge in [-0.3, -0.25) is 9.69 Å². The van der Waals surface area contributed by atoms with Crippen LogP contribution in [0.3, 0.4) is 0 Å². The zero-order chi connectivity index (χ0) is 20.4. The van der Waals surface area contributed by atoms with Crippen LogP contribution >= 0.6 is 34.3 Å². The van der Waals surface area contributed by atoms with Gasteiger partial charge in [-0.05, 0) is 37.1 Å². The van der Waals surface area contributed by atoms with Crippen LogP contribution in [0.15, 0.2) is 43.0 Å². The summed E-state index contributed by atoms with van der Waals surface area (Å²) in [6.07, 6.45) is 6.21. The smallest absolute Gasteiger partial charge is 0.270 e. The van der Waals surface area contributed by atoms with Gasteiger partial charge < -0.3 is 9.30 Å². The molecule has 0 bridgehead atoms. The number of hydrogen-bond donors (Lipinski definition) is 0. The molecule has 1 aromatic carbocycles. The Morgan fingerprint density at radius 1 is 1.28 bits per heavy atom. The predicted molar refractivity (Wildman–Crippen MR) is 119 cm³/mol. The zero-order valence-corrected chi connectivity index (χ0v) is 18.4. The predicted octanol–water partition coefficient (Wildman–Crippen LogP) is 5.26. The van der Waals surface area contributed by atoms with Crippen molar-refractivity contribution in [2.75, 3.05) is 18.6 Å². The Morgan fingerprint density at radius 2 is 2.14 bits per heavy atom. The average molecular weight is 447 g/mol. The van der Waals surface area contributed by atoms with E-state index in [1.165, 1.54) is 22.7 Å². The SMILES string of the molecule is COc1ccc(C)c2sc(N(CCCn3ccnc3)C(=O)c3ccc(Cl)s3)nc12. The van der Waals surface area contributed by atoms with E-state index in [9.17, 15) is 4.79 Å². The topological polar surface area (TPSA) is 60.2 Å². The van der Waals surface area contributed by atoms with Crippen molar-refractivity contribution in [3.8, 4) is 5.75 Å². The standard InChI is InChI=1S/C20H19ClN4O2S2/c1-13-4-5-14(27-2)17-18(13)29-20(23-17)25(10-3-9-24-11-8-22-12-24)19(26)15-6-7-16(21)28-15/h4-8,11-12H,3,9-10H2,1-2H3. The normalized spacial score (nSPS) is 11.1. The fourth-order valence-electron chi connectivity index (χ4n) is 3.06. The molecule has 0 saturated heterocycles. The summed E-state index contributed by atoms with van der Waals surface area (Å²) in [6, 6.07) is 7.42. The number of carbonyl (C=O) groups is 1. The van der Waals surface area contributed by atoms with Gasteiger partial charge in [0.25, 0.3) is 5.91 Å². The first-order valence-corrected chi connectivity index (χ1v) is 11.0. The second-order valence-corrected chi connectivity index (χ2v) is 9.17. The molecule has 0 atom stereocenters. The van der Waals surface area contributed by atoms with Gasteiger partial charge in [-0.15, -0.1) is 11.3 Å². The number of imidazole rings is 1. The molecule has 4 rings (SSSR count). The third-order valence-electron chi connectivity index (χ3n) is 4.53. The molecule has 3 aromatic heterocycles. The van der Waals surface area contributed by atoms with Crippen LogP contribution < -0.4 is 9.64 Å². The van der Waals surface area contributed by atoms with Crippen molar-refractivity contribution in [3.63, 3.8) is 0 Å². The average Bonchev–Trinajstić information content (AvgIpc) is 3.46. The highest BCUT2D eigenvalue weighted by atomic mass is 35.5. The van der Waals surface area contributed by atoms with E-state index in [0.717, 1.165) is 28.7 Å². The van der Waals surface area contributed by atoms with Crippen molar-refractivity contribution in [1.29, 1.82) is 0 Å². The Labute approximate surface area is 181 Å². The summed E-state index contributed by atoms with van der Waals surface area (Å²) >= 11 is 8.84. The number of rotatable bonds is 7. The van der Waals surface area contributed by atoms with Crippen molar-refractivity contribution in [2.24, 2.45) is 0 Å². The van der Waals surface area contributed by atoms with Crippen LogP contribution in [0.2, 0.25) is 4.34 Å². The van der Waals surface area contributed by atoms with Gasteiger partial charge >= 0.3 is 0 Å². The molecule has 0 aliphatic carbocycles. The van der Waals surface area contributed by atoms with Gasteiger partial charge in [0, 0.05) is 25.5 Å². The molecule has 0 fully saturated rings. The van der Waals surface area contributed by atoms with Gasteiger partial charge in [0.1, 0.15) is 11.3 Å². The third kappa shape index (κ3) is 4.14.